The molecule has 1 aliphatic heterocycles. The molecule has 0 bridgehead atoms. The van der Waals surface area contributed by atoms with E-state index in [2.05, 4.69) is 5.32 Å². The first kappa shape index (κ1) is 22.2. The van der Waals surface area contributed by atoms with Crippen molar-refractivity contribution in [3.8, 4) is 5.75 Å². The standard InChI is InChI=1S/C20H23N3O8/c1-2-30-12-7-8-15(16(9-12)23(28)29)21-17(24)11-31-18(25)10-22-19(26)13-5-3-4-6-14(13)20(22)27/h7-9,13-14H,2-6,10-11H2,1H3,(H,21,24). The molecule has 0 spiro atoms. The molecule has 11 nitrogen and oxygen atoms in total. The lowest BCUT2D eigenvalue weighted by atomic mass is 9.81. The number of carbonyl (C=O) groups excluding carboxylic acids is 4. The van der Waals surface area contributed by atoms with Gasteiger partial charge in [0.15, 0.2) is 6.61 Å². The molecule has 2 unspecified atom stereocenters. The summed E-state index contributed by atoms with van der Waals surface area (Å²) in [6, 6.07) is 3.95. The number of likely N-dealkylation sites (tertiary alicyclic amines) is 1. The highest BCUT2D eigenvalue weighted by atomic mass is 16.6. The topological polar surface area (TPSA) is 145 Å². The lowest BCUT2D eigenvalue weighted by Gasteiger charge is -2.19. The molecule has 31 heavy (non-hydrogen) atoms. The van der Waals surface area contributed by atoms with E-state index in [1.165, 1.54) is 18.2 Å². The number of ether oxygens (including phenoxy) is 2. The molecule has 166 valence electrons. The number of anilines is 1. The van der Waals surface area contributed by atoms with Gasteiger partial charge < -0.3 is 14.8 Å². The van der Waals surface area contributed by atoms with Gasteiger partial charge in [-0.2, -0.15) is 0 Å². The number of esters is 1. The molecular formula is C20H23N3O8. The summed E-state index contributed by atoms with van der Waals surface area (Å²) < 4.78 is 10.1. The summed E-state index contributed by atoms with van der Waals surface area (Å²) in [4.78, 5) is 60.4. The third kappa shape index (κ3) is 4.98. The Kier molecular flexibility index (Phi) is 6.83. The van der Waals surface area contributed by atoms with E-state index in [9.17, 15) is 29.3 Å². The van der Waals surface area contributed by atoms with Crippen LogP contribution in [0.5, 0.6) is 5.75 Å². The smallest absolute Gasteiger partial charge is 0.326 e. The molecule has 1 aromatic rings. The van der Waals surface area contributed by atoms with Crippen molar-refractivity contribution < 1.29 is 33.6 Å². The van der Waals surface area contributed by atoms with Gasteiger partial charge in [-0.1, -0.05) is 12.8 Å². The molecule has 2 fully saturated rings. The second kappa shape index (κ2) is 9.54. The Bertz CT molecular complexity index is 892. The first-order chi connectivity index (χ1) is 14.8. The zero-order valence-corrected chi connectivity index (χ0v) is 17.0. The van der Waals surface area contributed by atoms with E-state index < -0.39 is 30.0 Å². The molecule has 1 heterocycles. The molecule has 1 aromatic carbocycles. The predicted molar refractivity (Wildman–Crippen MR) is 106 cm³/mol. The third-order valence-corrected chi connectivity index (χ3v) is 5.33. The van der Waals surface area contributed by atoms with Gasteiger partial charge in [-0.3, -0.25) is 34.2 Å². The number of amides is 3. The van der Waals surface area contributed by atoms with Gasteiger partial charge >= 0.3 is 5.97 Å². The van der Waals surface area contributed by atoms with E-state index in [1.807, 2.05) is 0 Å². The summed E-state index contributed by atoms with van der Waals surface area (Å²) in [6.45, 7) is 0.781. The summed E-state index contributed by atoms with van der Waals surface area (Å²) in [5.41, 5.74) is -0.454. The van der Waals surface area contributed by atoms with Crippen LogP contribution in [-0.4, -0.2) is 53.3 Å². The molecule has 0 aromatic heterocycles. The molecule has 2 atom stereocenters. The van der Waals surface area contributed by atoms with Crippen molar-refractivity contribution in [2.75, 3.05) is 25.1 Å². The second-order valence-electron chi connectivity index (χ2n) is 7.34. The second-order valence-corrected chi connectivity index (χ2v) is 7.34. The van der Waals surface area contributed by atoms with E-state index in [0.717, 1.165) is 17.7 Å². The van der Waals surface area contributed by atoms with Gasteiger partial charge in [0.25, 0.3) is 11.6 Å². The highest BCUT2D eigenvalue weighted by molar-refractivity contribution is 6.07. The highest BCUT2D eigenvalue weighted by Gasteiger charge is 2.48. The van der Waals surface area contributed by atoms with Crippen LogP contribution < -0.4 is 10.1 Å². The molecule has 0 radical (unpaired) electrons. The number of rotatable bonds is 8. The first-order valence-electron chi connectivity index (χ1n) is 10.0. The van der Waals surface area contributed by atoms with Crippen LogP contribution in [0.3, 0.4) is 0 Å². The molecule has 1 N–H and O–H groups in total. The molecule has 11 heteroatoms. The van der Waals surface area contributed by atoms with Gasteiger partial charge in [0.1, 0.15) is 18.0 Å². The van der Waals surface area contributed by atoms with Crippen LogP contribution in [0.25, 0.3) is 0 Å². The molecular weight excluding hydrogens is 410 g/mol. The van der Waals surface area contributed by atoms with Crippen molar-refractivity contribution in [2.45, 2.75) is 32.6 Å². The zero-order chi connectivity index (χ0) is 22.5. The van der Waals surface area contributed by atoms with Crippen LogP contribution in [0, 0.1) is 22.0 Å². The SMILES string of the molecule is CCOc1ccc(NC(=O)COC(=O)CN2C(=O)C3CCCCC3C2=O)c([N+](=O)[O-])c1. The summed E-state index contributed by atoms with van der Waals surface area (Å²) in [5, 5.41) is 13.5. The van der Waals surface area contributed by atoms with Crippen molar-refractivity contribution in [3.05, 3.63) is 28.3 Å². The third-order valence-electron chi connectivity index (χ3n) is 5.33. The Labute approximate surface area is 177 Å². The highest BCUT2D eigenvalue weighted by Crippen LogP contribution is 2.37. The average Bonchev–Trinajstić information content (AvgIpc) is 2.98. The molecule has 3 amide bonds. The Morgan fingerprint density at radius 2 is 1.84 bits per heavy atom. The van der Waals surface area contributed by atoms with Crippen LogP contribution in [0.4, 0.5) is 11.4 Å². The quantitative estimate of drug-likeness (QED) is 0.282. The summed E-state index contributed by atoms with van der Waals surface area (Å²) >= 11 is 0. The van der Waals surface area contributed by atoms with Crippen LogP contribution in [-0.2, 0) is 23.9 Å². The van der Waals surface area contributed by atoms with Gasteiger partial charge in [0.2, 0.25) is 11.8 Å². The van der Waals surface area contributed by atoms with Gasteiger partial charge in [0.05, 0.1) is 29.4 Å². The minimum absolute atomic E-state index is 0.0801. The summed E-state index contributed by atoms with van der Waals surface area (Å²) in [7, 11) is 0. The van der Waals surface area contributed by atoms with E-state index in [-0.39, 0.29) is 40.8 Å². The Hall–Kier alpha value is -3.50. The minimum atomic E-state index is -0.906. The van der Waals surface area contributed by atoms with Crippen molar-refractivity contribution >= 4 is 35.1 Å². The maximum absolute atomic E-state index is 12.4. The zero-order valence-electron chi connectivity index (χ0n) is 17.0. The number of carbonyl (C=O) groups is 4. The number of imide groups is 1. The molecule has 1 saturated carbocycles. The lowest BCUT2D eigenvalue weighted by molar-refractivity contribution is -0.384. The number of nitrogens with zero attached hydrogens (tertiary/aromatic N) is 2. The molecule has 1 aliphatic carbocycles. The number of fused-ring (bicyclic) bond motifs is 1. The van der Waals surface area contributed by atoms with Gasteiger partial charge in [0, 0.05) is 0 Å². The predicted octanol–water partition coefficient (Wildman–Crippen LogP) is 1.65. The number of nitro benzene ring substituents is 1. The molecule has 1 saturated heterocycles. The molecule has 3 rings (SSSR count). The van der Waals surface area contributed by atoms with Crippen molar-refractivity contribution in [1.29, 1.82) is 0 Å². The largest absolute Gasteiger partial charge is 0.494 e. The number of nitrogens with one attached hydrogen (secondary N) is 1. The monoisotopic (exact) mass is 433 g/mol. The van der Waals surface area contributed by atoms with Crippen LogP contribution in [0.1, 0.15) is 32.6 Å². The fourth-order valence-electron chi connectivity index (χ4n) is 3.92. The van der Waals surface area contributed by atoms with Gasteiger partial charge in [-0.05, 0) is 31.9 Å². The Morgan fingerprint density at radius 1 is 1.19 bits per heavy atom. The van der Waals surface area contributed by atoms with Crippen LogP contribution >= 0.6 is 0 Å². The van der Waals surface area contributed by atoms with Crippen LogP contribution in [0.15, 0.2) is 18.2 Å². The van der Waals surface area contributed by atoms with E-state index in [4.69, 9.17) is 9.47 Å². The van der Waals surface area contributed by atoms with E-state index in [0.29, 0.717) is 19.4 Å². The summed E-state index contributed by atoms with van der Waals surface area (Å²) in [6.07, 6.45) is 3.00. The number of hydrogen-bond donors (Lipinski definition) is 1. The van der Waals surface area contributed by atoms with Crippen LogP contribution in [0.2, 0.25) is 0 Å². The van der Waals surface area contributed by atoms with E-state index in [1.54, 1.807) is 6.92 Å². The van der Waals surface area contributed by atoms with Gasteiger partial charge in [-0.15, -0.1) is 0 Å². The Balaban J connectivity index is 1.54. The maximum atomic E-state index is 12.4. The van der Waals surface area contributed by atoms with Crippen molar-refractivity contribution in [3.63, 3.8) is 0 Å². The van der Waals surface area contributed by atoms with Crippen molar-refractivity contribution in [1.82, 2.24) is 4.90 Å². The number of hydrogen-bond acceptors (Lipinski definition) is 8. The lowest BCUT2D eigenvalue weighted by Crippen LogP contribution is -2.37. The number of nitro groups is 1. The summed E-state index contributed by atoms with van der Waals surface area (Å²) in [5.74, 6) is -2.93. The van der Waals surface area contributed by atoms with Crippen molar-refractivity contribution in [2.24, 2.45) is 11.8 Å². The normalized spacial score (nSPS) is 20.2. The molecule has 2 aliphatic rings. The fourth-order valence-corrected chi connectivity index (χ4v) is 3.92. The fraction of sp³-hybridized carbons (Fsp3) is 0.500. The van der Waals surface area contributed by atoms with E-state index >= 15 is 0 Å². The number of benzene rings is 1. The first-order valence-corrected chi connectivity index (χ1v) is 10.0. The van der Waals surface area contributed by atoms with Gasteiger partial charge in [-0.25, -0.2) is 0 Å². The maximum Gasteiger partial charge on any atom is 0.326 e. The average molecular weight is 433 g/mol. The minimum Gasteiger partial charge on any atom is -0.494 e. The Morgan fingerprint density at radius 3 is 2.42 bits per heavy atom.